The molecule has 1 fully saturated rings. The minimum atomic E-state index is -0.523. The fraction of sp³-hybridized carbons (Fsp3) is 0.444. The van der Waals surface area contributed by atoms with Gasteiger partial charge in [-0.25, -0.2) is 0 Å². The van der Waals surface area contributed by atoms with E-state index in [4.69, 9.17) is 16.1 Å². The number of amides is 1. The summed E-state index contributed by atoms with van der Waals surface area (Å²) in [5.41, 5.74) is 1.87. The van der Waals surface area contributed by atoms with E-state index < -0.39 is 6.10 Å². The monoisotopic (exact) mass is 348 g/mol. The molecule has 6 heteroatoms. The summed E-state index contributed by atoms with van der Waals surface area (Å²) in [6.07, 6.45) is 1.14. The van der Waals surface area contributed by atoms with Crippen molar-refractivity contribution in [1.29, 1.82) is 0 Å². The number of halogens is 1. The number of carbonyl (C=O) groups excluding carboxylic acids is 1. The van der Waals surface area contributed by atoms with Crippen LogP contribution >= 0.6 is 11.6 Å². The van der Waals surface area contributed by atoms with E-state index in [2.05, 4.69) is 5.16 Å². The van der Waals surface area contributed by atoms with E-state index in [0.29, 0.717) is 37.4 Å². The molecule has 1 amide bonds. The molecular formula is C18H21ClN2O3. The van der Waals surface area contributed by atoms with Gasteiger partial charge in [0.05, 0.1) is 11.8 Å². The normalized spacial score (nSPS) is 20.5. The first-order valence-corrected chi connectivity index (χ1v) is 8.51. The fourth-order valence-electron chi connectivity index (χ4n) is 3.13. The van der Waals surface area contributed by atoms with E-state index in [1.807, 2.05) is 37.3 Å². The molecule has 0 spiro atoms. The molecule has 0 unspecified atom stereocenters. The lowest BCUT2D eigenvalue weighted by atomic mass is 10.0. The summed E-state index contributed by atoms with van der Waals surface area (Å²) in [5.74, 6) is 0.808. The summed E-state index contributed by atoms with van der Waals surface area (Å²) in [6.45, 7) is 2.80. The Hall–Kier alpha value is -1.85. The topological polar surface area (TPSA) is 66.6 Å². The Morgan fingerprint density at radius 1 is 1.42 bits per heavy atom. The average Bonchev–Trinajstić information content (AvgIpc) is 3.12. The third-order valence-corrected chi connectivity index (χ3v) is 4.65. The van der Waals surface area contributed by atoms with Crippen LogP contribution in [-0.4, -0.2) is 40.3 Å². The van der Waals surface area contributed by atoms with E-state index in [1.54, 1.807) is 4.90 Å². The first-order chi connectivity index (χ1) is 11.5. The van der Waals surface area contributed by atoms with Crippen LogP contribution < -0.4 is 0 Å². The summed E-state index contributed by atoms with van der Waals surface area (Å²) >= 11 is 5.96. The highest BCUT2D eigenvalue weighted by Crippen LogP contribution is 2.23. The smallest absolute Gasteiger partial charge is 0.223 e. The van der Waals surface area contributed by atoms with Crippen molar-refractivity contribution in [2.45, 2.75) is 32.3 Å². The van der Waals surface area contributed by atoms with Crippen molar-refractivity contribution in [3.63, 3.8) is 0 Å². The van der Waals surface area contributed by atoms with Crippen LogP contribution in [0.5, 0.6) is 0 Å². The Morgan fingerprint density at radius 3 is 2.96 bits per heavy atom. The summed E-state index contributed by atoms with van der Waals surface area (Å²) < 4.78 is 5.21. The molecule has 1 aliphatic rings. The van der Waals surface area contributed by atoms with Gasteiger partial charge in [0.15, 0.2) is 0 Å². The lowest BCUT2D eigenvalue weighted by Gasteiger charge is -2.16. The molecule has 2 aromatic rings. The van der Waals surface area contributed by atoms with E-state index >= 15 is 0 Å². The van der Waals surface area contributed by atoms with Crippen molar-refractivity contribution < 1.29 is 14.4 Å². The van der Waals surface area contributed by atoms with Crippen LogP contribution in [0.15, 0.2) is 34.9 Å². The second-order valence-corrected chi connectivity index (χ2v) is 6.83. The number of carbonyl (C=O) groups is 1. The molecule has 24 heavy (non-hydrogen) atoms. The average molecular weight is 349 g/mol. The maximum atomic E-state index is 12.4. The maximum absolute atomic E-state index is 12.4. The highest BCUT2D eigenvalue weighted by molar-refractivity contribution is 6.30. The van der Waals surface area contributed by atoms with Gasteiger partial charge in [0.1, 0.15) is 5.76 Å². The predicted octanol–water partition coefficient (Wildman–Crippen LogP) is 2.63. The molecule has 1 saturated heterocycles. The highest BCUT2D eigenvalue weighted by atomic mass is 35.5. The number of rotatable bonds is 5. The number of β-amino-alcohol motifs (C(OH)–C–C–N with tert-alkyl or cyclic N) is 1. The molecule has 0 bridgehead atoms. The molecule has 128 valence electrons. The van der Waals surface area contributed by atoms with Crippen LogP contribution in [-0.2, 0) is 17.6 Å². The molecule has 2 heterocycles. The van der Waals surface area contributed by atoms with Gasteiger partial charge in [-0.05, 0) is 31.0 Å². The molecule has 1 aromatic heterocycles. The van der Waals surface area contributed by atoms with Crippen molar-refractivity contribution in [2.75, 3.05) is 13.1 Å². The van der Waals surface area contributed by atoms with E-state index in [9.17, 15) is 9.90 Å². The number of aryl methyl sites for hydroxylation is 2. The van der Waals surface area contributed by atoms with E-state index in [0.717, 1.165) is 17.0 Å². The number of aliphatic hydroxyl groups is 1. The van der Waals surface area contributed by atoms with Crippen LogP contribution in [0.2, 0.25) is 5.02 Å². The number of hydrogen-bond donors (Lipinski definition) is 1. The van der Waals surface area contributed by atoms with Gasteiger partial charge in [0, 0.05) is 42.9 Å². The first-order valence-electron chi connectivity index (χ1n) is 8.14. The number of aliphatic hydroxyl groups excluding tert-OH is 1. The molecule has 3 rings (SSSR count). The van der Waals surface area contributed by atoms with Crippen LogP contribution in [0, 0.1) is 12.8 Å². The minimum Gasteiger partial charge on any atom is -0.391 e. The van der Waals surface area contributed by atoms with E-state index in [1.165, 1.54) is 0 Å². The summed E-state index contributed by atoms with van der Waals surface area (Å²) in [5, 5.41) is 14.8. The largest absolute Gasteiger partial charge is 0.391 e. The fourth-order valence-corrected chi connectivity index (χ4v) is 3.34. The van der Waals surface area contributed by atoms with Crippen molar-refractivity contribution >= 4 is 17.5 Å². The van der Waals surface area contributed by atoms with Gasteiger partial charge in [-0.15, -0.1) is 0 Å². The summed E-state index contributed by atoms with van der Waals surface area (Å²) in [6, 6.07) is 9.42. The van der Waals surface area contributed by atoms with Crippen molar-refractivity contribution in [3.8, 4) is 0 Å². The zero-order valence-corrected chi connectivity index (χ0v) is 14.4. The zero-order valence-electron chi connectivity index (χ0n) is 13.6. The Bertz CT molecular complexity index is 716. The van der Waals surface area contributed by atoms with Crippen LogP contribution in [0.1, 0.15) is 23.4 Å². The van der Waals surface area contributed by atoms with Crippen LogP contribution in [0.4, 0.5) is 0 Å². The van der Waals surface area contributed by atoms with Gasteiger partial charge < -0.3 is 14.5 Å². The lowest BCUT2D eigenvalue weighted by molar-refractivity contribution is -0.130. The second kappa shape index (κ2) is 7.36. The maximum Gasteiger partial charge on any atom is 0.223 e. The van der Waals surface area contributed by atoms with Crippen LogP contribution in [0.3, 0.4) is 0 Å². The third kappa shape index (κ3) is 4.16. The summed E-state index contributed by atoms with van der Waals surface area (Å²) in [7, 11) is 0. The number of hydrogen-bond acceptors (Lipinski definition) is 4. The second-order valence-electron chi connectivity index (χ2n) is 6.39. The molecule has 0 radical (unpaired) electrons. The van der Waals surface area contributed by atoms with Crippen LogP contribution in [0.25, 0.3) is 0 Å². The first kappa shape index (κ1) is 17.0. The lowest BCUT2D eigenvalue weighted by Crippen LogP contribution is -2.29. The Kier molecular flexibility index (Phi) is 5.21. The van der Waals surface area contributed by atoms with Gasteiger partial charge in [0.25, 0.3) is 0 Å². The predicted molar refractivity (Wildman–Crippen MR) is 90.8 cm³/mol. The molecule has 1 N–H and O–H groups in total. The molecular weight excluding hydrogens is 328 g/mol. The van der Waals surface area contributed by atoms with Crippen molar-refractivity contribution in [2.24, 2.45) is 5.92 Å². The molecule has 5 nitrogen and oxygen atoms in total. The minimum absolute atomic E-state index is 0.00697. The Morgan fingerprint density at radius 2 is 2.25 bits per heavy atom. The van der Waals surface area contributed by atoms with Gasteiger partial charge in [-0.2, -0.15) is 0 Å². The quantitative estimate of drug-likeness (QED) is 0.902. The third-order valence-electron chi connectivity index (χ3n) is 4.42. The molecule has 2 atom stereocenters. The highest BCUT2D eigenvalue weighted by Gasteiger charge is 2.34. The molecule has 0 aliphatic carbocycles. The van der Waals surface area contributed by atoms with Gasteiger partial charge in [-0.3, -0.25) is 4.79 Å². The Labute approximate surface area is 146 Å². The molecule has 1 aromatic carbocycles. The number of nitrogens with zero attached hydrogens (tertiary/aromatic N) is 2. The molecule has 1 aliphatic heterocycles. The summed E-state index contributed by atoms with van der Waals surface area (Å²) in [4.78, 5) is 14.1. The number of likely N-dealkylation sites (tertiary alicyclic amines) is 1. The van der Waals surface area contributed by atoms with Gasteiger partial charge >= 0.3 is 0 Å². The number of aromatic nitrogens is 1. The SMILES string of the molecule is Cc1cc(C[C@@H]2CN(C(=O)CCc3cccc(Cl)c3)C[C@H]2O)on1. The van der Waals surface area contributed by atoms with Gasteiger partial charge in [-0.1, -0.05) is 28.9 Å². The standard InChI is InChI=1S/C18H21ClN2O3/c1-12-7-16(24-20-12)9-14-10-21(11-17(14)22)18(23)6-5-13-3-2-4-15(19)8-13/h2-4,7-8,14,17,22H,5-6,9-11H2,1H3/t14-,17-/m1/s1. The van der Waals surface area contributed by atoms with Crippen molar-refractivity contribution in [3.05, 3.63) is 52.4 Å². The molecule has 0 saturated carbocycles. The number of benzene rings is 1. The Balaban J connectivity index is 1.52. The van der Waals surface area contributed by atoms with E-state index in [-0.39, 0.29) is 11.8 Å². The zero-order chi connectivity index (χ0) is 17.1. The van der Waals surface area contributed by atoms with Crippen molar-refractivity contribution in [1.82, 2.24) is 10.1 Å². The van der Waals surface area contributed by atoms with Gasteiger partial charge in [0.2, 0.25) is 5.91 Å².